The molecule has 0 aromatic heterocycles. The highest BCUT2D eigenvalue weighted by Gasteiger charge is 2.24. The second-order valence-corrected chi connectivity index (χ2v) is 6.62. The maximum Gasteiger partial charge on any atom is 0.257 e. The fourth-order valence-electron chi connectivity index (χ4n) is 3.19. The number of nitrogens with zero attached hydrogens (tertiary/aromatic N) is 2. The van der Waals surface area contributed by atoms with Crippen LogP contribution in [0.2, 0.25) is 0 Å². The Morgan fingerprint density at radius 3 is 2.30 bits per heavy atom. The molecule has 0 atom stereocenters. The largest absolute Gasteiger partial charge is 0.483 e. The van der Waals surface area contributed by atoms with Crippen molar-refractivity contribution in [2.75, 3.05) is 39.3 Å². The van der Waals surface area contributed by atoms with Crippen LogP contribution in [0.1, 0.15) is 15.9 Å². The molecule has 1 aliphatic heterocycles. The first-order valence-corrected chi connectivity index (χ1v) is 9.19. The van der Waals surface area contributed by atoms with Crippen molar-refractivity contribution in [3.63, 3.8) is 0 Å². The number of amides is 2. The van der Waals surface area contributed by atoms with E-state index in [0.717, 1.165) is 26.1 Å². The summed E-state index contributed by atoms with van der Waals surface area (Å²) < 4.78 is 5.39. The molecule has 142 valence electrons. The van der Waals surface area contributed by atoms with Crippen LogP contribution in [0.15, 0.2) is 54.6 Å². The van der Waals surface area contributed by atoms with E-state index in [4.69, 9.17) is 10.5 Å². The van der Waals surface area contributed by atoms with Crippen LogP contribution in [0.4, 0.5) is 0 Å². The van der Waals surface area contributed by atoms with Gasteiger partial charge >= 0.3 is 0 Å². The Hall–Kier alpha value is -2.86. The summed E-state index contributed by atoms with van der Waals surface area (Å²) >= 11 is 0. The third kappa shape index (κ3) is 5.31. The van der Waals surface area contributed by atoms with Gasteiger partial charge in [-0.15, -0.1) is 0 Å². The molecule has 27 heavy (non-hydrogen) atoms. The van der Waals surface area contributed by atoms with Crippen molar-refractivity contribution in [3.05, 3.63) is 65.7 Å². The normalized spacial score (nSPS) is 14.7. The van der Waals surface area contributed by atoms with Gasteiger partial charge in [0.05, 0.1) is 5.56 Å². The molecule has 2 aromatic rings. The van der Waals surface area contributed by atoms with E-state index < -0.39 is 5.91 Å². The molecule has 2 N–H and O–H groups in total. The molecule has 0 spiro atoms. The van der Waals surface area contributed by atoms with Gasteiger partial charge in [0, 0.05) is 32.7 Å². The molecule has 6 heteroatoms. The van der Waals surface area contributed by atoms with Crippen molar-refractivity contribution in [3.8, 4) is 5.75 Å². The second-order valence-electron chi connectivity index (χ2n) is 6.62. The van der Waals surface area contributed by atoms with E-state index in [9.17, 15) is 9.59 Å². The van der Waals surface area contributed by atoms with Crippen molar-refractivity contribution in [1.82, 2.24) is 9.80 Å². The van der Waals surface area contributed by atoms with Gasteiger partial charge in [0.1, 0.15) is 5.75 Å². The highest BCUT2D eigenvalue weighted by Crippen LogP contribution is 2.20. The van der Waals surface area contributed by atoms with E-state index in [1.807, 2.05) is 11.0 Å². The van der Waals surface area contributed by atoms with Gasteiger partial charge < -0.3 is 15.4 Å². The van der Waals surface area contributed by atoms with E-state index in [1.54, 1.807) is 24.3 Å². The van der Waals surface area contributed by atoms with E-state index >= 15 is 0 Å². The molecule has 0 saturated carbocycles. The fourth-order valence-corrected chi connectivity index (χ4v) is 3.19. The minimum atomic E-state index is -0.565. The summed E-state index contributed by atoms with van der Waals surface area (Å²) in [4.78, 5) is 28.0. The van der Waals surface area contributed by atoms with Crippen LogP contribution in [0.3, 0.4) is 0 Å². The standard InChI is InChI=1S/C21H25N3O3/c22-20(25)16-27-19-9-5-4-8-18(19)21(26)24-14-12-23(13-15-24)11-10-17-6-2-1-3-7-17/h1-9H,10-16H2,(H2,22,25). The zero-order valence-corrected chi connectivity index (χ0v) is 15.3. The van der Waals surface area contributed by atoms with E-state index in [1.165, 1.54) is 5.56 Å². The summed E-state index contributed by atoms with van der Waals surface area (Å²) in [6.07, 6.45) is 1.01. The molecule has 2 aromatic carbocycles. The molecule has 1 aliphatic rings. The van der Waals surface area contributed by atoms with Crippen molar-refractivity contribution in [1.29, 1.82) is 0 Å². The summed E-state index contributed by atoms with van der Waals surface area (Å²) in [7, 11) is 0. The molecule has 1 heterocycles. The van der Waals surface area contributed by atoms with Gasteiger partial charge in [-0.05, 0) is 24.1 Å². The van der Waals surface area contributed by atoms with Gasteiger partial charge in [-0.25, -0.2) is 0 Å². The van der Waals surface area contributed by atoms with Gasteiger partial charge in [0.25, 0.3) is 11.8 Å². The average molecular weight is 367 g/mol. The smallest absolute Gasteiger partial charge is 0.257 e. The first-order valence-electron chi connectivity index (χ1n) is 9.19. The van der Waals surface area contributed by atoms with Crippen molar-refractivity contribution < 1.29 is 14.3 Å². The van der Waals surface area contributed by atoms with Gasteiger partial charge in [-0.1, -0.05) is 42.5 Å². The molecular weight excluding hydrogens is 342 g/mol. The Morgan fingerprint density at radius 1 is 0.926 bits per heavy atom. The number of hydrogen-bond donors (Lipinski definition) is 1. The van der Waals surface area contributed by atoms with Crippen LogP contribution in [0.5, 0.6) is 5.75 Å². The minimum Gasteiger partial charge on any atom is -0.483 e. The van der Waals surface area contributed by atoms with Crippen LogP contribution < -0.4 is 10.5 Å². The quantitative estimate of drug-likeness (QED) is 0.806. The molecule has 3 rings (SSSR count). The summed E-state index contributed by atoms with van der Waals surface area (Å²) in [5.41, 5.74) is 6.93. The molecular formula is C21H25N3O3. The number of hydrogen-bond acceptors (Lipinski definition) is 4. The van der Waals surface area contributed by atoms with Gasteiger partial charge in [0.2, 0.25) is 0 Å². The van der Waals surface area contributed by atoms with E-state index in [0.29, 0.717) is 24.4 Å². The van der Waals surface area contributed by atoms with Gasteiger partial charge in [-0.3, -0.25) is 14.5 Å². The number of carbonyl (C=O) groups is 2. The zero-order chi connectivity index (χ0) is 19.1. The molecule has 1 saturated heterocycles. The zero-order valence-electron chi connectivity index (χ0n) is 15.3. The maximum absolute atomic E-state index is 12.9. The summed E-state index contributed by atoms with van der Waals surface area (Å²) in [6, 6.07) is 17.4. The predicted molar refractivity (Wildman–Crippen MR) is 104 cm³/mol. The Kier molecular flexibility index (Phi) is 6.44. The number of piperazine rings is 1. The van der Waals surface area contributed by atoms with Gasteiger partial charge in [0.15, 0.2) is 6.61 Å². The number of para-hydroxylation sites is 1. The fraction of sp³-hybridized carbons (Fsp3) is 0.333. The Morgan fingerprint density at radius 2 is 1.59 bits per heavy atom. The molecule has 2 amide bonds. The predicted octanol–water partition coefficient (Wildman–Crippen LogP) is 1.55. The third-order valence-electron chi connectivity index (χ3n) is 4.71. The molecule has 0 aliphatic carbocycles. The maximum atomic E-state index is 12.9. The molecule has 0 unspecified atom stereocenters. The van der Waals surface area contributed by atoms with Crippen molar-refractivity contribution >= 4 is 11.8 Å². The van der Waals surface area contributed by atoms with Gasteiger partial charge in [-0.2, -0.15) is 0 Å². The topological polar surface area (TPSA) is 75.9 Å². The monoisotopic (exact) mass is 367 g/mol. The first kappa shape index (κ1) is 18.9. The Bertz CT molecular complexity index is 771. The first-order chi connectivity index (χ1) is 13.1. The Balaban J connectivity index is 1.53. The lowest BCUT2D eigenvalue weighted by Gasteiger charge is -2.35. The Labute approximate surface area is 159 Å². The lowest BCUT2D eigenvalue weighted by atomic mass is 10.1. The molecule has 1 fully saturated rings. The van der Waals surface area contributed by atoms with Crippen LogP contribution in [-0.2, 0) is 11.2 Å². The summed E-state index contributed by atoms with van der Waals surface area (Å²) in [5, 5.41) is 0. The second kappa shape index (κ2) is 9.19. The number of benzene rings is 2. The minimum absolute atomic E-state index is 0.0715. The number of carbonyl (C=O) groups excluding carboxylic acids is 2. The van der Waals surface area contributed by atoms with E-state index in [-0.39, 0.29) is 12.5 Å². The SMILES string of the molecule is NC(=O)COc1ccccc1C(=O)N1CCN(CCc2ccccc2)CC1. The number of ether oxygens (including phenoxy) is 1. The molecule has 6 nitrogen and oxygen atoms in total. The lowest BCUT2D eigenvalue weighted by Crippen LogP contribution is -2.49. The van der Waals surface area contributed by atoms with E-state index in [2.05, 4.69) is 29.2 Å². The number of rotatable bonds is 7. The van der Waals surface area contributed by atoms with Crippen LogP contribution >= 0.6 is 0 Å². The highest BCUT2D eigenvalue weighted by atomic mass is 16.5. The van der Waals surface area contributed by atoms with Crippen LogP contribution in [0.25, 0.3) is 0 Å². The molecule has 0 radical (unpaired) electrons. The van der Waals surface area contributed by atoms with Crippen LogP contribution in [-0.4, -0.2) is 60.9 Å². The lowest BCUT2D eigenvalue weighted by molar-refractivity contribution is -0.119. The highest BCUT2D eigenvalue weighted by molar-refractivity contribution is 5.97. The number of primary amides is 1. The van der Waals surface area contributed by atoms with Crippen molar-refractivity contribution in [2.45, 2.75) is 6.42 Å². The number of nitrogens with two attached hydrogens (primary N) is 1. The molecule has 0 bridgehead atoms. The van der Waals surface area contributed by atoms with Crippen molar-refractivity contribution in [2.24, 2.45) is 5.73 Å². The van der Waals surface area contributed by atoms with Crippen LogP contribution in [0, 0.1) is 0 Å². The summed E-state index contributed by atoms with van der Waals surface area (Å²) in [6.45, 7) is 3.81. The third-order valence-corrected chi connectivity index (χ3v) is 4.71. The average Bonchev–Trinajstić information content (AvgIpc) is 2.71. The summed E-state index contributed by atoms with van der Waals surface area (Å²) in [5.74, 6) is -0.241.